The van der Waals surface area contributed by atoms with E-state index in [0.29, 0.717) is 6.07 Å². The van der Waals surface area contributed by atoms with Crippen molar-refractivity contribution in [1.29, 1.82) is 0 Å². The van der Waals surface area contributed by atoms with E-state index in [1.165, 1.54) is 12.1 Å². The lowest BCUT2D eigenvalue weighted by molar-refractivity contribution is -0.137. The second kappa shape index (κ2) is 6.39. The Morgan fingerprint density at radius 2 is 1.85 bits per heavy atom. The fourth-order valence-electron chi connectivity index (χ4n) is 2.25. The first-order valence-electron chi connectivity index (χ1n) is 7.09. The number of H-pyrrole nitrogens is 1. The van der Waals surface area contributed by atoms with Crippen molar-refractivity contribution in [1.82, 2.24) is 15.2 Å². The van der Waals surface area contributed by atoms with Gasteiger partial charge in [-0.05, 0) is 30.3 Å². The highest BCUT2D eigenvalue weighted by Crippen LogP contribution is 2.36. The van der Waals surface area contributed by atoms with E-state index < -0.39 is 23.6 Å². The number of hydrogen-bond donors (Lipinski definition) is 3. The first-order valence-corrected chi connectivity index (χ1v) is 7.09. The number of ether oxygens (including phenoxy) is 1. The first-order chi connectivity index (χ1) is 12.3. The van der Waals surface area contributed by atoms with Gasteiger partial charge in [0.05, 0.1) is 16.7 Å². The molecule has 0 saturated carbocycles. The zero-order chi connectivity index (χ0) is 18.9. The molecule has 0 bridgehead atoms. The molecule has 134 valence electrons. The number of nitrogens with one attached hydrogen (secondary N) is 1. The summed E-state index contributed by atoms with van der Waals surface area (Å²) in [5.41, 5.74) is -0.740. The number of rotatable bonds is 3. The molecule has 3 N–H and O–H groups in total. The zero-order valence-corrected chi connectivity index (χ0v) is 12.8. The fourth-order valence-corrected chi connectivity index (χ4v) is 2.25. The van der Waals surface area contributed by atoms with Crippen LogP contribution in [0.15, 0.2) is 42.5 Å². The smallest absolute Gasteiger partial charge is 0.507 e. The number of halogens is 3. The number of nitrogens with zero attached hydrogens (tertiary/aromatic N) is 2. The minimum Gasteiger partial charge on any atom is -0.507 e. The lowest BCUT2D eigenvalue weighted by Gasteiger charge is -2.08. The number of carbonyl (C=O) groups is 1. The zero-order valence-electron chi connectivity index (χ0n) is 12.8. The lowest BCUT2D eigenvalue weighted by atomic mass is 10.1. The summed E-state index contributed by atoms with van der Waals surface area (Å²) < 4.78 is 42.6. The van der Waals surface area contributed by atoms with E-state index in [1.54, 1.807) is 12.1 Å². The largest absolute Gasteiger partial charge is 0.511 e. The monoisotopic (exact) mass is 365 g/mol. The van der Waals surface area contributed by atoms with Gasteiger partial charge in [0.1, 0.15) is 11.5 Å². The summed E-state index contributed by atoms with van der Waals surface area (Å²) in [5.74, 6) is -0.577. The quantitative estimate of drug-likeness (QED) is 0.480. The Hall–Kier alpha value is -3.56. The van der Waals surface area contributed by atoms with E-state index in [0.717, 1.165) is 12.1 Å². The molecule has 26 heavy (non-hydrogen) atoms. The molecule has 0 aliphatic heterocycles. The molecule has 1 aromatic heterocycles. The van der Waals surface area contributed by atoms with E-state index in [9.17, 15) is 23.1 Å². The number of para-hydroxylation sites is 1. The molecule has 10 heteroatoms. The first kappa shape index (κ1) is 17.3. The van der Waals surface area contributed by atoms with Crippen LogP contribution in [0.3, 0.4) is 0 Å². The van der Waals surface area contributed by atoms with Crippen LogP contribution in [0.2, 0.25) is 0 Å². The van der Waals surface area contributed by atoms with Gasteiger partial charge >= 0.3 is 12.3 Å². The molecular weight excluding hydrogens is 355 g/mol. The number of benzene rings is 2. The van der Waals surface area contributed by atoms with Gasteiger partial charge < -0.3 is 14.9 Å². The molecule has 0 unspecified atom stereocenters. The second-order valence-electron chi connectivity index (χ2n) is 5.10. The van der Waals surface area contributed by atoms with Crippen molar-refractivity contribution in [3.8, 4) is 34.3 Å². The number of aromatic nitrogens is 3. The Morgan fingerprint density at radius 1 is 1.12 bits per heavy atom. The maximum atomic E-state index is 12.7. The summed E-state index contributed by atoms with van der Waals surface area (Å²) in [4.78, 5) is 14.8. The highest BCUT2D eigenvalue weighted by Gasteiger charge is 2.31. The van der Waals surface area contributed by atoms with Crippen LogP contribution in [0.5, 0.6) is 11.5 Å². The molecular formula is C16H10F3N3O4. The van der Waals surface area contributed by atoms with Crippen LogP contribution in [0.1, 0.15) is 5.56 Å². The Bertz CT molecular complexity index is 969. The summed E-state index contributed by atoms with van der Waals surface area (Å²) in [6, 6.07) is 8.51. The van der Waals surface area contributed by atoms with Gasteiger partial charge in [0.25, 0.3) is 0 Å². The minimum absolute atomic E-state index is 0.00776. The number of aromatic hydroxyl groups is 1. The minimum atomic E-state index is -4.59. The third-order valence-corrected chi connectivity index (χ3v) is 3.39. The average molecular weight is 365 g/mol. The Morgan fingerprint density at radius 3 is 2.50 bits per heavy atom. The van der Waals surface area contributed by atoms with E-state index in [1.807, 2.05) is 0 Å². The van der Waals surface area contributed by atoms with Crippen molar-refractivity contribution in [3.05, 3.63) is 48.0 Å². The maximum absolute atomic E-state index is 12.7. The van der Waals surface area contributed by atoms with Crippen LogP contribution >= 0.6 is 0 Å². The van der Waals surface area contributed by atoms with Gasteiger partial charge in [-0.3, -0.25) is 5.10 Å². The van der Waals surface area contributed by atoms with Gasteiger partial charge in [0.2, 0.25) is 0 Å². The summed E-state index contributed by atoms with van der Waals surface area (Å²) >= 11 is 0. The number of carboxylic acid groups (broad SMARTS) is 1. The van der Waals surface area contributed by atoms with Crippen LogP contribution in [0, 0.1) is 0 Å². The standard InChI is InChI=1S/C16H10F3N3O4/c17-16(18,19)8-5-6-9(11(23)7-8)13-20-14(22-21-13)10-3-1-2-4-12(10)26-15(24)25/h1-7,23H,(H,24,25)(H,20,21,22). The molecule has 2 aromatic carbocycles. The maximum Gasteiger partial charge on any atom is 0.511 e. The predicted octanol–water partition coefficient (Wildman–Crippen LogP) is 3.92. The molecule has 3 aromatic rings. The summed E-state index contributed by atoms with van der Waals surface area (Å²) in [6.07, 6.45) is -6.11. The number of aromatic amines is 1. The third-order valence-electron chi connectivity index (χ3n) is 3.39. The van der Waals surface area contributed by atoms with Crippen LogP contribution < -0.4 is 4.74 Å². The molecule has 3 rings (SSSR count). The van der Waals surface area contributed by atoms with Gasteiger partial charge in [-0.1, -0.05) is 12.1 Å². The second-order valence-corrected chi connectivity index (χ2v) is 5.10. The van der Waals surface area contributed by atoms with Gasteiger partial charge in [-0.2, -0.15) is 18.3 Å². The number of phenolic OH excluding ortho intramolecular Hbond substituents is 1. The average Bonchev–Trinajstić information content (AvgIpc) is 3.03. The van der Waals surface area contributed by atoms with Crippen molar-refractivity contribution in [2.45, 2.75) is 6.18 Å². The van der Waals surface area contributed by atoms with Crippen LogP contribution in [-0.2, 0) is 6.18 Å². The SMILES string of the molecule is O=C(O)Oc1ccccc1-c1n[nH]c(-c2ccc(C(F)(F)F)cc2O)n1. The number of hydrogen-bond acceptors (Lipinski definition) is 5. The molecule has 0 aliphatic rings. The molecule has 0 amide bonds. The molecule has 0 spiro atoms. The Labute approximate surface area is 143 Å². The molecule has 0 radical (unpaired) electrons. The van der Waals surface area contributed by atoms with E-state index in [2.05, 4.69) is 19.9 Å². The normalized spacial score (nSPS) is 11.3. The molecule has 0 fully saturated rings. The number of alkyl halides is 3. The lowest BCUT2D eigenvalue weighted by Crippen LogP contribution is -2.04. The third kappa shape index (κ3) is 3.43. The fraction of sp³-hybridized carbons (Fsp3) is 0.0625. The van der Waals surface area contributed by atoms with Crippen molar-refractivity contribution < 1.29 is 32.9 Å². The Balaban J connectivity index is 1.98. The van der Waals surface area contributed by atoms with E-state index >= 15 is 0 Å². The van der Waals surface area contributed by atoms with Crippen molar-refractivity contribution in [3.63, 3.8) is 0 Å². The van der Waals surface area contributed by atoms with Gasteiger partial charge in [-0.25, -0.2) is 9.78 Å². The number of phenols is 1. The van der Waals surface area contributed by atoms with Gasteiger partial charge in [-0.15, -0.1) is 0 Å². The highest BCUT2D eigenvalue weighted by atomic mass is 19.4. The molecule has 0 atom stereocenters. The predicted molar refractivity (Wildman–Crippen MR) is 82.6 cm³/mol. The molecule has 0 aliphatic carbocycles. The Kier molecular flexibility index (Phi) is 4.24. The molecule has 7 nitrogen and oxygen atoms in total. The van der Waals surface area contributed by atoms with Crippen molar-refractivity contribution >= 4 is 6.16 Å². The van der Waals surface area contributed by atoms with Gasteiger partial charge in [0, 0.05) is 0 Å². The molecule has 1 heterocycles. The van der Waals surface area contributed by atoms with Crippen LogP contribution in [0.25, 0.3) is 22.8 Å². The highest BCUT2D eigenvalue weighted by molar-refractivity contribution is 5.72. The topological polar surface area (TPSA) is 108 Å². The van der Waals surface area contributed by atoms with Crippen molar-refractivity contribution in [2.24, 2.45) is 0 Å². The summed E-state index contributed by atoms with van der Waals surface area (Å²) in [6.45, 7) is 0. The molecule has 0 saturated heterocycles. The summed E-state index contributed by atoms with van der Waals surface area (Å²) in [5, 5.41) is 25.0. The summed E-state index contributed by atoms with van der Waals surface area (Å²) in [7, 11) is 0. The van der Waals surface area contributed by atoms with Crippen LogP contribution in [0.4, 0.5) is 18.0 Å². The van der Waals surface area contributed by atoms with Crippen molar-refractivity contribution in [2.75, 3.05) is 0 Å². The van der Waals surface area contributed by atoms with E-state index in [4.69, 9.17) is 5.11 Å². The van der Waals surface area contributed by atoms with E-state index in [-0.39, 0.29) is 28.5 Å². The van der Waals surface area contributed by atoms with Crippen LogP contribution in [-0.4, -0.2) is 31.5 Å². The van der Waals surface area contributed by atoms with Gasteiger partial charge in [0.15, 0.2) is 11.6 Å².